The molecule has 8 unspecified atom stereocenters. The van der Waals surface area contributed by atoms with Crippen molar-refractivity contribution >= 4 is 56.0 Å². The number of pyridine rings is 1. The lowest BCUT2D eigenvalue weighted by Crippen LogP contribution is -2.65. The SMILES string of the molecule is CC/C=C1\C2=C(C)C(=O)C[C@@]1(O)C#C/C=C\C#C[C@@H]2OC1OC(C)C(C)(C(=O)c2nccc3c2[nH]c2ccc(I)cc23)C(O)C1OC1CC(C)C(CC(C)C)CO1. The lowest BCUT2D eigenvalue weighted by Gasteiger charge is -2.50. The van der Waals surface area contributed by atoms with E-state index in [2.05, 4.69) is 83.1 Å². The van der Waals surface area contributed by atoms with Crippen molar-refractivity contribution in [1.82, 2.24) is 9.97 Å². The van der Waals surface area contributed by atoms with Crippen LogP contribution < -0.4 is 0 Å². The number of hydrogen-bond acceptors (Lipinski definition) is 9. The van der Waals surface area contributed by atoms with Crippen molar-refractivity contribution < 1.29 is 38.7 Å². The van der Waals surface area contributed by atoms with E-state index < -0.39 is 53.8 Å². The first-order valence-corrected chi connectivity index (χ1v) is 21.0. The maximum Gasteiger partial charge on any atom is 0.194 e. The molecule has 1 aromatic carbocycles. The number of carbonyl (C=O) groups is 2. The van der Waals surface area contributed by atoms with Crippen LogP contribution >= 0.6 is 22.6 Å². The highest BCUT2D eigenvalue weighted by Gasteiger charge is 2.59. The summed E-state index contributed by atoms with van der Waals surface area (Å²) in [6.45, 7) is 14.1. The van der Waals surface area contributed by atoms with Crippen LogP contribution in [0.5, 0.6) is 0 Å². The van der Waals surface area contributed by atoms with Crippen molar-refractivity contribution in [2.75, 3.05) is 6.61 Å². The minimum Gasteiger partial charge on any atom is -0.389 e. The molecule has 300 valence electrons. The molecule has 4 heterocycles. The fourth-order valence-electron chi connectivity index (χ4n) is 8.72. The van der Waals surface area contributed by atoms with Crippen LogP contribution in [-0.4, -0.2) is 81.0 Å². The largest absolute Gasteiger partial charge is 0.389 e. The number of H-pyrrole nitrogens is 1. The molecule has 2 fully saturated rings. The number of halogens is 1. The molecule has 4 aliphatic rings. The second-order valence-corrected chi connectivity index (χ2v) is 17.7. The Morgan fingerprint density at radius 1 is 1.18 bits per heavy atom. The standard InChI is InChI=1S/C46H51IN2O8/c1-8-13-33-38-27(5)35(50)23-46(33,53)18-12-10-9-11-14-36(38)56-44-41(57-37-21-26(4)29(24-54-37)20-25(2)3)43(52)45(7,28(6)55-44)42(51)40-39-31(17-19-48-40)32-22-30(47)15-16-34(32)49-39/h9-10,13,15-17,19,22,25-26,28-29,36-37,41,43-44,49,52-53H,8,20-21,23-24H2,1-7H3/b10-9-,33-13+/t26?,28?,29?,36-,37?,41?,43?,44?,45?,46-/m0/s1. The van der Waals surface area contributed by atoms with Crippen LogP contribution in [-0.2, 0) is 23.7 Å². The average molecular weight is 887 g/mol. The Bertz CT molecular complexity index is 2300. The van der Waals surface area contributed by atoms with Gasteiger partial charge in [0.1, 0.15) is 24.0 Å². The zero-order valence-corrected chi connectivity index (χ0v) is 35.7. The molecule has 2 saturated heterocycles. The molecule has 10 nitrogen and oxygen atoms in total. The number of ether oxygens (including phenoxy) is 4. The first-order valence-electron chi connectivity index (χ1n) is 19.9. The lowest BCUT2D eigenvalue weighted by molar-refractivity contribution is -0.339. The van der Waals surface area contributed by atoms with Crippen molar-refractivity contribution in [3.05, 3.63) is 74.7 Å². The van der Waals surface area contributed by atoms with Crippen molar-refractivity contribution in [3.63, 3.8) is 0 Å². The second-order valence-electron chi connectivity index (χ2n) is 16.5. The molecule has 0 amide bonds. The highest BCUT2D eigenvalue weighted by atomic mass is 127. The quantitative estimate of drug-likeness (QED) is 0.114. The van der Waals surface area contributed by atoms with E-state index in [9.17, 15) is 19.8 Å². The molecule has 7 rings (SSSR count). The van der Waals surface area contributed by atoms with Gasteiger partial charge >= 0.3 is 0 Å². The zero-order chi connectivity index (χ0) is 40.8. The second kappa shape index (κ2) is 16.5. The highest BCUT2D eigenvalue weighted by molar-refractivity contribution is 14.1. The van der Waals surface area contributed by atoms with Crippen LogP contribution in [0.25, 0.3) is 21.8 Å². The number of allylic oxidation sites excluding steroid dienone is 4. The molecular weight excluding hydrogens is 835 g/mol. The lowest BCUT2D eigenvalue weighted by atomic mass is 9.70. The van der Waals surface area contributed by atoms with Gasteiger partial charge in [0.15, 0.2) is 29.7 Å². The van der Waals surface area contributed by atoms with Gasteiger partial charge < -0.3 is 34.1 Å². The molecule has 2 aliphatic heterocycles. The van der Waals surface area contributed by atoms with E-state index in [4.69, 9.17) is 18.9 Å². The average Bonchev–Trinajstić information content (AvgIpc) is 3.54. The predicted molar refractivity (Wildman–Crippen MR) is 226 cm³/mol. The summed E-state index contributed by atoms with van der Waals surface area (Å²) < 4.78 is 27.5. The molecule has 2 bridgehead atoms. The molecule has 0 spiro atoms. The van der Waals surface area contributed by atoms with Gasteiger partial charge in [0, 0.05) is 38.1 Å². The van der Waals surface area contributed by atoms with Crippen LogP contribution in [0.1, 0.15) is 84.6 Å². The van der Waals surface area contributed by atoms with Crippen molar-refractivity contribution in [2.45, 2.75) is 117 Å². The number of aromatic nitrogens is 2. The van der Waals surface area contributed by atoms with Crippen LogP contribution in [0.4, 0.5) is 0 Å². The van der Waals surface area contributed by atoms with E-state index in [0.29, 0.717) is 53.5 Å². The summed E-state index contributed by atoms with van der Waals surface area (Å²) in [5.41, 5.74) is -0.500. The Labute approximate surface area is 348 Å². The topological polar surface area (TPSA) is 140 Å². The molecule has 10 atom stereocenters. The molecule has 0 radical (unpaired) electrons. The number of aliphatic hydroxyl groups is 2. The maximum atomic E-state index is 15.0. The Hall–Kier alpha value is -3.66. The molecular formula is C46H51IN2O8. The third kappa shape index (κ3) is 7.81. The van der Waals surface area contributed by atoms with Gasteiger partial charge in [-0.25, -0.2) is 0 Å². The first-order chi connectivity index (χ1) is 27.2. The molecule has 2 aliphatic carbocycles. The maximum absolute atomic E-state index is 15.0. The number of Topliss-reactive ketones (excluding diaryl/α,β-unsaturated/α-hetero) is 2. The van der Waals surface area contributed by atoms with Gasteiger partial charge in [0.25, 0.3) is 0 Å². The summed E-state index contributed by atoms with van der Waals surface area (Å²) in [6, 6.07) is 7.89. The third-order valence-electron chi connectivity index (χ3n) is 12.2. The van der Waals surface area contributed by atoms with Crippen LogP contribution in [0.3, 0.4) is 0 Å². The molecule has 11 heteroatoms. The van der Waals surface area contributed by atoms with Crippen molar-refractivity contribution in [3.8, 4) is 23.7 Å². The van der Waals surface area contributed by atoms with Gasteiger partial charge in [-0.05, 0) is 122 Å². The number of ketones is 2. The summed E-state index contributed by atoms with van der Waals surface area (Å²) in [5.74, 6) is 12.2. The van der Waals surface area contributed by atoms with E-state index in [-0.39, 0.29) is 23.8 Å². The van der Waals surface area contributed by atoms with Gasteiger partial charge in [0.05, 0.1) is 30.1 Å². The number of aliphatic hydroxyl groups excluding tert-OH is 1. The number of aromatic amines is 1. The minimum atomic E-state index is -1.76. The van der Waals surface area contributed by atoms with E-state index in [1.807, 2.05) is 31.2 Å². The Balaban J connectivity index is 1.29. The number of fused-ring (bicyclic) bond motifs is 5. The van der Waals surface area contributed by atoms with Crippen molar-refractivity contribution in [1.29, 1.82) is 0 Å². The number of hydrogen-bond donors (Lipinski definition) is 3. The van der Waals surface area contributed by atoms with Crippen molar-refractivity contribution in [2.24, 2.45) is 23.2 Å². The third-order valence-corrected chi connectivity index (χ3v) is 12.8. The Morgan fingerprint density at radius 2 is 1.95 bits per heavy atom. The number of benzene rings is 1. The molecule has 0 saturated carbocycles. The smallest absolute Gasteiger partial charge is 0.194 e. The molecule has 3 N–H and O–H groups in total. The summed E-state index contributed by atoms with van der Waals surface area (Å²) in [5, 5.41) is 26.3. The van der Waals surface area contributed by atoms with Crippen LogP contribution in [0, 0.1) is 50.4 Å². The highest BCUT2D eigenvalue weighted by Crippen LogP contribution is 2.45. The van der Waals surface area contributed by atoms with Gasteiger partial charge in [-0.15, -0.1) is 0 Å². The van der Waals surface area contributed by atoms with E-state index >= 15 is 0 Å². The molecule has 3 aromatic rings. The monoisotopic (exact) mass is 886 g/mol. The molecule has 57 heavy (non-hydrogen) atoms. The van der Waals surface area contributed by atoms with Crippen LogP contribution in [0.15, 0.2) is 65.4 Å². The van der Waals surface area contributed by atoms with E-state index in [1.165, 1.54) is 6.08 Å². The van der Waals surface area contributed by atoms with E-state index in [0.717, 1.165) is 26.3 Å². The van der Waals surface area contributed by atoms with Gasteiger partial charge in [-0.1, -0.05) is 57.5 Å². The van der Waals surface area contributed by atoms with Gasteiger partial charge in [0.2, 0.25) is 0 Å². The zero-order valence-electron chi connectivity index (χ0n) is 33.5. The number of nitrogens with zero attached hydrogens (tertiary/aromatic N) is 1. The summed E-state index contributed by atoms with van der Waals surface area (Å²) in [6.07, 6.45) is 1.69. The fourth-order valence-corrected chi connectivity index (χ4v) is 9.21. The summed E-state index contributed by atoms with van der Waals surface area (Å²) >= 11 is 2.26. The summed E-state index contributed by atoms with van der Waals surface area (Å²) in [7, 11) is 0. The Morgan fingerprint density at radius 3 is 2.68 bits per heavy atom. The number of rotatable bonds is 9. The Kier molecular flexibility index (Phi) is 12.0. The summed E-state index contributed by atoms with van der Waals surface area (Å²) in [4.78, 5) is 36.4. The van der Waals surface area contributed by atoms with E-state index in [1.54, 1.807) is 33.0 Å². The molecule has 2 aromatic heterocycles. The fraction of sp³-hybridized carbons (Fsp3) is 0.500. The van der Waals surface area contributed by atoms with Crippen LogP contribution in [0.2, 0.25) is 0 Å². The minimum absolute atomic E-state index is 0.175. The first kappa shape index (κ1) is 41.5. The number of nitrogens with one attached hydrogen (secondary N) is 1. The normalized spacial score (nSPS) is 34.2. The predicted octanol–water partition coefficient (Wildman–Crippen LogP) is 7.36. The van der Waals surface area contributed by atoms with Gasteiger partial charge in [-0.2, -0.15) is 0 Å². The van der Waals surface area contributed by atoms with Gasteiger partial charge in [-0.3, -0.25) is 14.6 Å². The number of carbonyl (C=O) groups excluding carboxylic acids is 2.